The number of halogens is 3. The van der Waals surface area contributed by atoms with E-state index in [2.05, 4.69) is 43.8 Å². The van der Waals surface area contributed by atoms with Crippen molar-refractivity contribution in [1.29, 1.82) is 0 Å². The minimum atomic E-state index is -0.182. The van der Waals surface area contributed by atoms with Gasteiger partial charge < -0.3 is 5.32 Å². The molecule has 1 aromatic carbocycles. The molecule has 0 aromatic heterocycles. The second kappa shape index (κ2) is 5.68. The van der Waals surface area contributed by atoms with Crippen molar-refractivity contribution in [1.82, 2.24) is 5.32 Å². The number of hydrogen-bond acceptors (Lipinski definition) is 1. The number of amides is 1. The van der Waals surface area contributed by atoms with Crippen molar-refractivity contribution < 1.29 is 4.79 Å². The molecule has 5 heteroatoms. The van der Waals surface area contributed by atoms with Gasteiger partial charge in [-0.1, -0.05) is 50.0 Å². The van der Waals surface area contributed by atoms with Crippen LogP contribution in [0.25, 0.3) is 0 Å². The first-order valence-electron chi connectivity index (χ1n) is 4.06. The molecule has 1 amide bonds. The summed E-state index contributed by atoms with van der Waals surface area (Å²) in [6.07, 6.45) is 0. The Bertz CT molecular complexity index is 386. The standard InChI is InChI=1S/C10H8Br2ClNO/c1-6(11)5-14-10(15)7-2-8(12)4-9(13)3-7/h2-4H,1,5H2,(H,14,15). The van der Waals surface area contributed by atoms with Crippen molar-refractivity contribution in [3.05, 3.63) is 44.3 Å². The van der Waals surface area contributed by atoms with Gasteiger partial charge in [0.15, 0.2) is 0 Å². The summed E-state index contributed by atoms with van der Waals surface area (Å²) in [5.74, 6) is -0.182. The van der Waals surface area contributed by atoms with Crippen molar-refractivity contribution in [2.24, 2.45) is 0 Å². The van der Waals surface area contributed by atoms with Crippen LogP contribution in [0, 0.1) is 0 Å². The highest BCUT2D eigenvalue weighted by molar-refractivity contribution is 9.11. The van der Waals surface area contributed by atoms with E-state index in [9.17, 15) is 4.79 Å². The number of carbonyl (C=O) groups is 1. The van der Waals surface area contributed by atoms with Crippen LogP contribution in [0.4, 0.5) is 0 Å². The molecule has 0 saturated carbocycles. The summed E-state index contributed by atoms with van der Waals surface area (Å²) in [6.45, 7) is 4.01. The minimum Gasteiger partial charge on any atom is -0.347 e. The third-order valence-corrected chi connectivity index (χ3v) is 2.52. The second-order valence-corrected chi connectivity index (χ2v) is 5.33. The molecule has 0 radical (unpaired) electrons. The molecule has 0 saturated heterocycles. The Labute approximate surface area is 110 Å². The van der Waals surface area contributed by atoms with Crippen molar-refractivity contribution in [2.45, 2.75) is 0 Å². The van der Waals surface area contributed by atoms with Crippen LogP contribution in [0.1, 0.15) is 10.4 Å². The number of carbonyl (C=O) groups excluding carboxylic acids is 1. The van der Waals surface area contributed by atoms with E-state index in [1.807, 2.05) is 0 Å². The molecule has 15 heavy (non-hydrogen) atoms. The molecule has 0 aliphatic carbocycles. The maximum absolute atomic E-state index is 11.6. The maximum atomic E-state index is 11.6. The van der Waals surface area contributed by atoms with Gasteiger partial charge in [-0.2, -0.15) is 0 Å². The lowest BCUT2D eigenvalue weighted by molar-refractivity contribution is 0.0957. The van der Waals surface area contributed by atoms with Crippen LogP contribution in [-0.4, -0.2) is 12.5 Å². The third-order valence-electron chi connectivity index (χ3n) is 1.57. The molecular formula is C10H8Br2ClNO. The largest absolute Gasteiger partial charge is 0.347 e. The Morgan fingerprint density at radius 2 is 2.13 bits per heavy atom. The van der Waals surface area contributed by atoms with Gasteiger partial charge in [0.25, 0.3) is 5.91 Å². The van der Waals surface area contributed by atoms with Crippen molar-refractivity contribution >= 4 is 49.4 Å². The highest BCUT2D eigenvalue weighted by Crippen LogP contribution is 2.19. The lowest BCUT2D eigenvalue weighted by Gasteiger charge is -2.04. The fraction of sp³-hybridized carbons (Fsp3) is 0.100. The van der Waals surface area contributed by atoms with Crippen LogP contribution >= 0.6 is 43.5 Å². The fourth-order valence-corrected chi connectivity index (χ4v) is 1.96. The van der Waals surface area contributed by atoms with E-state index in [1.165, 1.54) is 0 Å². The van der Waals surface area contributed by atoms with E-state index in [0.29, 0.717) is 17.1 Å². The summed E-state index contributed by atoms with van der Waals surface area (Å²) in [5, 5.41) is 3.21. The second-order valence-electron chi connectivity index (χ2n) is 2.86. The highest BCUT2D eigenvalue weighted by atomic mass is 79.9. The van der Waals surface area contributed by atoms with E-state index in [4.69, 9.17) is 11.6 Å². The SMILES string of the molecule is C=C(Br)CNC(=O)c1cc(Cl)cc(Br)c1. The normalized spacial score (nSPS) is 9.80. The molecule has 0 spiro atoms. The average Bonchev–Trinajstić information content (AvgIpc) is 2.12. The first-order valence-corrected chi connectivity index (χ1v) is 6.03. The van der Waals surface area contributed by atoms with Gasteiger partial charge in [0, 0.05) is 26.1 Å². The molecule has 0 bridgehead atoms. The van der Waals surface area contributed by atoms with Gasteiger partial charge in [-0.15, -0.1) is 0 Å². The molecule has 0 unspecified atom stereocenters. The van der Waals surface area contributed by atoms with Crippen molar-refractivity contribution in [3.8, 4) is 0 Å². The summed E-state index contributed by atoms with van der Waals surface area (Å²) < 4.78 is 1.50. The molecule has 2 nitrogen and oxygen atoms in total. The average molecular weight is 353 g/mol. The first-order chi connectivity index (χ1) is 6.99. The number of benzene rings is 1. The van der Waals surface area contributed by atoms with Crippen molar-refractivity contribution in [3.63, 3.8) is 0 Å². The molecule has 1 N–H and O–H groups in total. The molecule has 0 aliphatic heterocycles. The van der Waals surface area contributed by atoms with E-state index in [1.54, 1.807) is 18.2 Å². The van der Waals surface area contributed by atoms with Crippen LogP contribution in [0.3, 0.4) is 0 Å². The third kappa shape index (κ3) is 4.36. The van der Waals surface area contributed by atoms with Gasteiger partial charge in [-0.05, 0) is 18.2 Å². The predicted octanol–water partition coefficient (Wildman–Crippen LogP) is 3.74. The Hall–Kier alpha value is -0.320. The number of rotatable bonds is 3. The van der Waals surface area contributed by atoms with E-state index < -0.39 is 0 Å². The zero-order chi connectivity index (χ0) is 11.4. The number of hydrogen-bond donors (Lipinski definition) is 1. The van der Waals surface area contributed by atoms with Gasteiger partial charge in [0.1, 0.15) is 0 Å². The molecule has 0 atom stereocenters. The summed E-state index contributed by atoms with van der Waals surface area (Å²) in [7, 11) is 0. The Balaban J connectivity index is 2.77. The van der Waals surface area contributed by atoms with Crippen LogP contribution in [0.5, 0.6) is 0 Å². The quantitative estimate of drug-likeness (QED) is 0.881. The van der Waals surface area contributed by atoms with Gasteiger partial charge in [0.05, 0.1) is 0 Å². The van der Waals surface area contributed by atoms with Gasteiger partial charge in [-0.3, -0.25) is 4.79 Å². The maximum Gasteiger partial charge on any atom is 0.251 e. The summed E-state index contributed by atoms with van der Waals surface area (Å²) >= 11 is 12.2. The molecule has 0 heterocycles. The van der Waals surface area contributed by atoms with Gasteiger partial charge in [0.2, 0.25) is 0 Å². The predicted molar refractivity (Wildman–Crippen MR) is 69.6 cm³/mol. The Morgan fingerprint density at radius 1 is 1.47 bits per heavy atom. The fourth-order valence-electron chi connectivity index (χ4n) is 0.963. The zero-order valence-corrected chi connectivity index (χ0v) is 11.6. The van der Waals surface area contributed by atoms with E-state index in [-0.39, 0.29) is 5.91 Å². The zero-order valence-electron chi connectivity index (χ0n) is 7.69. The van der Waals surface area contributed by atoms with Gasteiger partial charge >= 0.3 is 0 Å². The Kier molecular flexibility index (Phi) is 4.83. The lowest BCUT2D eigenvalue weighted by atomic mass is 10.2. The first kappa shape index (κ1) is 12.7. The van der Waals surface area contributed by atoms with E-state index >= 15 is 0 Å². The molecule has 80 valence electrons. The lowest BCUT2D eigenvalue weighted by Crippen LogP contribution is -2.24. The molecule has 1 rings (SSSR count). The van der Waals surface area contributed by atoms with E-state index in [0.717, 1.165) is 8.96 Å². The Morgan fingerprint density at radius 3 is 2.67 bits per heavy atom. The highest BCUT2D eigenvalue weighted by Gasteiger charge is 2.06. The number of nitrogens with one attached hydrogen (secondary N) is 1. The minimum absolute atomic E-state index is 0.182. The molecule has 0 fully saturated rings. The summed E-state index contributed by atoms with van der Waals surface area (Å²) in [6, 6.07) is 5.04. The molecule has 1 aromatic rings. The molecule has 0 aliphatic rings. The monoisotopic (exact) mass is 351 g/mol. The molecular weight excluding hydrogens is 345 g/mol. The summed E-state index contributed by atoms with van der Waals surface area (Å²) in [5.41, 5.74) is 0.517. The van der Waals surface area contributed by atoms with Crippen LogP contribution in [0.2, 0.25) is 5.02 Å². The van der Waals surface area contributed by atoms with Gasteiger partial charge in [-0.25, -0.2) is 0 Å². The van der Waals surface area contributed by atoms with Crippen LogP contribution in [-0.2, 0) is 0 Å². The topological polar surface area (TPSA) is 29.1 Å². The smallest absolute Gasteiger partial charge is 0.251 e. The van der Waals surface area contributed by atoms with Crippen LogP contribution < -0.4 is 5.32 Å². The van der Waals surface area contributed by atoms with Crippen LogP contribution in [0.15, 0.2) is 33.7 Å². The summed E-state index contributed by atoms with van der Waals surface area (Å²) in [4.78, 5) is 11.6. The van der Waals surface area contributed by atoms with Crippen molar-refractivity contribution in [2.75, 3.05) is 6.54 Å².